The van der Waals surface area contributed by atoms with Crippen molar-refractivity contribution in [3.05, 3.63) is 29.3 Å². The summed E-state index contributed by atoms with van der Waals surface area (Å²) in [5, 5.41) is 0. The van der Waals surface area contributed by atoms with Gasteiger partial charge in [0.1, 0.15) is 0 Å². The maximum atomic E-state index is 11.6. The molecule has 0 saturated heterocycles. The Labute approximate surface area is 106 Å². The number of carbonyl (C=O) groups is 1. The van der Waals surface area contributed by atoms with Crippen molar-refractivity contribution in [2.24, 2.45) is 5.73 Å². The third-order valence-corrected chi connectivity index (χ3v) is 3.89. The number of rotatable bonds is 4. The Morgan fingerprint density at radius 1 is 1.53 bits per heavy atom. The molecule has 2 rings (SSSR count). The normalized spacial score (nSPS) is 16.2. The molecular weight excluding hydrogens is 232 g/mol. The van der Waals surface area contributed by atoms with Crippen LogP contribution in [0.4, 0.5) is 5.69 Å². The van der Waals surface area contributed by atoms with E-state index in [1.807, 2.05) is 30.9 Å². The van der Waals surface area contributed by atoms with Gasteiger partial charge in [0, 0.05) is 18.8 Å². The van der Waals surface area contributed by atoms with E-state index in [0.717, 1.165) is 29.0 Å². The maximum Gasteiger partial charge on any atom is 0.231 e. The first-order chi connectivity index (χ1) is 8.13. The number of amides is 1. The number of hydrogen-bond donors (Lipinski definition) is 1. The first-order valence-electron chi connectivity index (χ1n) is 5.77. The van der Waals surface area contributed by atoms with Crippen LogP contribution in [0.3, 0.4) is 0 Å². The summed E-state index contributed by atoms with van der Waals surface area (Å²) in [6, 6.07) is 6.21. The molecule has 0 bridgehead atoms. The van der Waals surface area contributed by atoms with Crippen LogP contribution in [0, 0.1) is 0 Å². The zero-order valence-corrected chi connectivity index (χ0v) is 11.1. The van der Waals surface area contributed by atoms with Crippen LogP contribution in [0.25, 0.3) is 0 Å². The molecule has 17 heavy (non-hydrogen) atoms. The number of nitrogens with two attached hydrogens (primary N) is 1. The molecular formula is C13H18N2OS. The van der Waals surface area contributed by atoms with E-state index in [-0.39, 0.29) is 11.9 Å². The molecule has 4 heteroatoms. The summed E-state index contributed by atoms with van der Waals surface area (Å²) in [6.45, 7) is 0. The van der Waals surface area contributed by atoms with Crippen molar-refractivity contribution in [1.29, 1.82) is 0 Å². The topological polar surface area (TPSA) is 46.3 Å². The van der Waals surface area contributed by atoms with E-state index < -0.39 is 0 Å². The van der Waals surface area contributed by atoms with Crippen molar-refractivity contribution < 1.29 is 4.79 Å². The molecule has 3 nitrogen and oxygen atoms in total. The fourth-order valence-electron chi connectivity index (χ4n) is 2.13. The van der Waals surface area contributed by atoms with E-state index in [1.54, 1.807) is 4.90 Å². The number of fused-ring (bicyclic) bond motifs is 1. The summed E-state index contributed by atoms with van der Waals surface area (Å²) in [5.41, 5.74) is 9.40. The predicted octanol–water partition coefficient (Wildman–Crippen LogP) is 1.96. The Kier molecular flexibility index (Phi) is 3.74. The van der Waals surface area contributed by atoms with Crippen molar-refractivity contribution in [3.8, 4) is 0 Å². The zero-order chi connectivity index (χ0) is 12.4. The van der Waals surface area contributed by atoms with E-state index in [4.69, 9.17) is 5.73 Å². The minimum absolute atomic E-state index is 0.0776. The lowest BCUT2D eigenvalue weighted by Crippen LogP contribution is -2.20. The molecule has 1 aliphatic rings. The molecule has 0 aromatic heterocycles. The van der Waals surface area contributed by atoms with Crippen molar-refractivity contribution in [2.75, 3.05) is 24.0 Å². The molecule has 1 amide bonds. The number of anilines is 1. The summed E-state index contributed by atoms with van der Waals surface area (Å²) < 4.78 is 0. The third-order valence-electron chi connectivity index (χ3n) is 3.24. The van der Waals surface area contributed by atoms with Crippen LogP contribution < -0.4 is 10.6 Å². The molecule has 0 saturated carbocycles. The Balaban J connectivity index is 2.18. The Bertz CT molecular complexity index is 433. The van der Waals surface area contributed by atoms with Gasteiger partial charge < -0.3 is 10.6 Å². The summed E-state index contributed by atoms with van der Waals surface area (Å²) in [4.78, 5) is 13.3. The second kappa shape index (κ2) is 5.10. The summed E-state index contributed by atoms with van der Waals surface area (Å²) in [5.74, 6) is 1.23. The smallest absolute Gasteiger partial charge is 0.231 e. The highest BCUT2D eigenvalue weighted by atomic mass is 32.2. The number of carbonyl (C=O) groups excluding carboxylic acids is 1. The van der Waals surface area contributed by atoms with Gasteiger partial charge in [-0.1, -0.05) is 12.1 Å². The molecule has 92 valence electrons. The van der Waals surface area contributed by atoms with E-state index >= 15 is 0 Å². The molecule has 2 N–H and O–H groups in total. The van der Waals surface area contributed by atoms with Crippen LogP contribution in [0.5, 0.6) is 0 Å². The van der Waals surface area contributed by atoms with E-state index in [0.29, 0.717) is 6.42 Å². The molecule has 1 aromatic carbocycles. The molecule has 0 spiro atoms. The quantitative estimate of drug-likeness (QED) is 0.888. The third kappa shape index (κ3) is 2.48. The van der Waals surface area contributed by atoms with Gasteiger partial charge in [0.15, 0.2) is 0 Å². The summed E-state index contributed by atoms with van der Waals surface area (Å²) >= 11 is 1.81. The van der Waals surface area contributed by atoms with E-state index in [9.17, 15) is 4.79 Å². The molecule has 0 aliphatic carbocycles. The lowest BCUT2D eigenvalue weighted by Gasteiger charge is -2.14. The van der Waals surface area contributed by atoms with Crippen LogP contribution in [-0.4, -0.2) is 25.0 Å². The Morgan fingerprint density at radius 2 is 2.29 bits per heavy atom. The number of benzene rings is 1. The molecule has 1 aromatic rings. The van der Waals surface area contributed by atoms with Crippen LogP contribution in [-0.2, 0) is 11.2 Å². The van der Waals surface area contributed by atoms with Gasteiger partial charge in [0.05, 0.1) is 6.42 Å². The van der Waals surface area contributed by atoms with Crippen LogP contribution in [0.15, 0.2) is 18.2 Å². The summed E-state index contributed by atoms with van der Waals surface area (Å²) in [7, 11) is 1.82. The lowest BCUT2D eigenvalue weighted by atomic mass is 10.0. The number of hydrogen-bond acceptors (Lipinski definition) is 3. The lowest BCUT2D eigenvalue weighted by molar-refractivity contribution is -0.117. The molecule has 1 heterocycles. The van der Waals surface area contributed by atoms with Crippen molar-refractivity contribution in [3.63, 3.8) is 0 Å². The van der Waals surface area contributed by atoms with Gasteiger partial charge in [0.2, 0.25) is 5.91 Å². The molecule has 1 aliphatic heterocycles. The second-order valence-corrected chi connectivity index (χ2v) is 5.39. The SMILES string of the molecule is CSCCC(N)c1ccc2c(c1)CC(=O)N2C. The second-order valence-electron chi connectivity index (χ2n) is 4.41. The monoisotopic (exact) mass is 250 g/mol. The van der Waals surface area contributed by atoms with Crippen LogP contribution in [0.1, 0.15) is 23.6 Å². The Hall–Kier alpha value is -1.00. The van der Waals surface area contributed by atoms with Gasteiger partial charge in [-0.3, -0.25) is 4.79 Å². The van der Waals surface area contributed by atoms with Gasteiger partial charge in [0.25, 0.3) is 0 Å². The van der Waals surface area contributed by atoms with Gasteiger partial charge in [-0.25, -0.2) is 0 Å². The highest BCUT2D eigenvalue weighted by Crippen LogP contribution is 2.30. The van der Waals surface area contributed by atoms with E-state index in [1.165, 1.54) is 0 Å². The van der Waals surface area contributed by atoms with Crippen LogP contribution >= 0.6 is 11.8 Å². The molecule has 0 fully saturated rings. The van der Waals surface area contributed by atoms with Gasteiger partial charge in [-0.05, 0) is 35.6 Å². The van der Waals surface area contributed by atoms with Gasteiger partial charge >= 0.3 is 0 Å². The van der Waals surface area contributed by atoms with Crippen molar-refractivity contribution in [2.45, 2.75) is 18.9 Å². The number of thioether (sulfide) groups is 1. The van der Waals surface area contributed by atoms with Crippen molar-refractivity contribution in [1.82, 2.24) is 0 Å². The Morgan fingerprint density at radius 3 is 3.00 bits per heavy atom. The fourth-order valence-corrected chi connectivity index (χ4v) is 2.62. The predicted molar refractivity (Wildman–Crippen MR) is 73.5 cm³/mol. The first kappa shape index (κ1) is 12.5. The molecule has 1 atom stereocenters. The average Bonchev–Trinajstić information content (AvgIpc) is 2.61. The maximum absolute atomic E-state index is 11.6. The van der Waals surface area contributed by atoms with Gasteiger partial charge in [-0.15, -0.1) is 0 Å². The van der Waals surface area contributed by atoms with E-state index in [2.05, 4.69) is 12.3 Å². The van der Waals surface area contributed by atoms with Crippen molar-refractivity contribution >= 4 is 23.4 Å². The fraction of sp³-hybridized carbons (Fsp3) is 0.462. The molecule has 1 unspecified atom stereocenters. The van der Waals surface area contributed by atoms with Gasteiger partial charge in [-0.2, -0.15) is 11.8 Å². The highest BCUT2D eigenvalue weighted by molar-refractivity contribution is 7.98. The van der Waals surface area contributed by atoms with Crippen LogP contribution in [0.2, 0.25) is 0 Å². The minimum atomic E-state index is 0.0776. The first-order valence-corrected chi connectivity index (χ1v) is 7.16. The standard InChI is InChI=1S/C13H18N2OS/c1-15-12-4-3-9(11(14)5-6-17-2)7-10(12)8-13(15)16/h3-4,7,11H,5-6,8,14H2,1-2H3. The largest absolute Gasteiger partial charge is 0.324 e. The minimum Gasteiger partial charge on any atom is -0.324 e. The number of nitrogens with zero attached hydrogens (tertiary/aromatic N) is 1. The highest BCUT2D eigenvalue weighted by Gasteiger charge is 2.24. The summed E-state index contributed by atoms with van der Waals surface area (Å²) in [6.07, 6.45) is 3.57. The molecule has 0 radical (unpaired) electrons. The number of likely N-dealkylation sites (N-methyl/N-ethyl adjacent to an activating group) is 1. The zero-order valence-electron chi connectivity index (χ0n) is 10.3. The average molecular weight is 250 g/mol.